The molecule has 0 heterocycles. The number of aryl methyl sites for hydroxylation is 1. The highest BCUT2D eigenvalue weighted by Crippen LogP contribution is 2.42. The smallest absolute Gasteiger partial charge is 0.0628 e. The summed E-state index contributed by atoms with van der Waals surface area (Å²) >= 11 is 0. The third-order valence-electron chi connectivity index (χ3n) is 6.29. The molecule has 32 heavy (non-hydrogen) atoms. The molecule has 1 aliphatic carbocycles. The molecular weight excluding hydrogens is 388 g/mol. The fourth-order valence-corrected chi connectivity index (χ4v) is 4.37. The second-order valence-electron chi connectivity index (χ2n) is 9.18. The van der Waals surface area contributed by atoms with Crippen LogP contribution in [-0.2, 0) is 0 Å². The number of benzene rings is 1. The van der Waals surface area contributed by atoms with E-state index in [1.54, 1.807) is 0 Å². The van der Waals surface area contributed by atoms with Crippen LogP contribution in [0.4, 0.5) is 0 Å². The second kappa shape index (κ2) is 13.6. The van der Waals surface area contributed by atoms with Crippen molar-refractivity contribution in [1.82, 2.24) is 5.32 Å². The van der Waals surface area contributed by atoms with Crippen molar-refractivity contribution >= 4 is 5.71 Å². The van der Waals surface area contributed by atoms with Crippen LogP contribution in [-0.4, -0.2) is 17.8 Å². The van der Waals surface area contributed by atoms with E-state index in [0.29, 0.717) is 5.92 Å². The van der Waals surface area contributed by atoms with Crippen molar-refractivity contribution in [3.8, 4) is 0 Å². The Bertz CT molecular complexity index is 832. The van der Waals surface area contributed by atoms with Crippen molar-refractivity contribution in [1.29, 1.82) is 0 Å². The Kier molecular flexibility index (Phi) is 11.9. The molecule has 178 valence electrons. The van der Waals surface area contributed by atoms with Crippen LogP contribution >= 0.6 is 0 Å². The molecule has 2 rings (SSSR count). The lowest BCUT2D eigenvalue weighted by Crippen LogP contribution is -2.41. The van der Waals surface area contributed by atoms with E-state index in [4.69, 9.17) is 4.99 Å². The van der Waals surface area contributed by atoms with E-state index in [1.807, 2.05) is 13.8 Å². The molecule has 2 nitrogen and oxygen atoms in total. The van der Waals surface area contributed by atoms with Crippen molar-refractivity contribution < 1.29 is 0 Å². The van der Waals surface area contributed by atoms with Crippen LogP contribution in [0.25, 0.3) is 0 Å². The Balaban J connectivity index is 0.00000249. The molecule has 0 fully saturated rings. The number of hydrogen-bond acceptors (Lipinski definition) is 2. The minimum atomic E-state index is -0.0269. The molecular formula is C30H48N2. The van der Waals surface area contributed by atoms with Gasteiger partial charge >= 0.3 is 0 Å². The summed E-state index contributed by atoms with van der Waals surface area (Å²) < 4.78 is 0. The standard InChI is InChI=1S/C28H42N2.C2H6/c1-9-12-13-24-21(5)26(28(7,8)29-18-10-2)19-25(24)27(11-3)30-22(6)23-16-14-20(4)15-17-23;1-2/h11,14-17,19,24,29H,9-10,12-13,18H2,1-8H3;1-2H3/b27-11-,30-22?;. The zero-order valence-corrected chi connectivity index (χ0v) is 22.5. The lowest BCUT2D eigenvalue weighted by Gasteiger charge is -2.29. The number of rotatable bonds is 10. The van der Waals surface area contributed by atoms with Gasteiger partial charge in [-0.15, -0.1) is 0 Å². The molecule has 0 saturated carbocycles. The molecule has 1 unspecified atom stereocenters. The van der Waals surface area contributed by atoms with Crippen LogP contribution < -0.4 is 5.32 Å². The van der Waals surface area contributed by atoms with Crippen molar-refractivity contribution in [3.05, 3.63) is 70.0 Å². The lowest BCUT2D eigenvalue weighted by molar-refractivity contribution is 0.454. The van der Waals surface area contributed by atoms with Gasteiger partial charge in [0.25, 0.3) is 0 Å². The maximum Gasteiger partial charge on any atom is 0.0628 e. The lowest BCUT2D eigenvalue weighted by atomic mass is 9.86. The Labute approximate surface area is 199 Å². The summed E-state index contributed by atoms with van der Waals surface area (Å²) in [4.78, 5) is 5.11. The average Bonchev–Trinajstić information content (AvgIpc) is 3.13. The Morgan fingerprint density at radius 3 is 2.22 bits per heavy atom. The number of hydrogen-bond donors (Lipinski definition) is 1. The molecule has 0 aromatic heterocycles. The third kappa shape index (κ3) is 7.30. The van der Waals surface area contributed by atoms with E-state index in [9.17, 15) is 0 Å². The number of nitrogens with one attached hydrogen (secondary N) is 1. The predicted molar refractivity (Wildman–Crippen MR) is 145 cm³/mol. The quantitative estimate of drug-likeness (QED) is 0.365. The Morgan fingerprint density at radius 2 is 1.69 bits per heavy atom. The van der Waals surface area contributed by atoms with Gasteiger partial charge in [-0.2, -0.15) is 0 Å². The van der Waals surface area contributed by atoms with Gasteiger partial charge in [-0.25, -0.2) is 0 Å². The summed E-state index contributed by atoms with van der Waals surface area (Å²) in [5.74, 6) is 0.461. The van der Waals surface area contributed by atoms with Crippen LogP contribution in [0.1, 0.15) is 99.1 Å². The number of nitrogens with zero attached hydrogens (tertiary/aromatic N) is 1. The van der Waals surface area contributed by atoms with E-state index >= 15 is 0 Å². The Morgan fingerprint density at radius 1 is 1.06 bits per heavy atom. The highest BCUT2D eigenvalue weighted by atomic mass is 15.0. The first-order chi connectivity index (χ1) is 15.2. The number of aliphatic imine (C=N–C) groups is 1. The van der Waals surface area contributed by atoms with Crippen LogP contribution in [0.3, 0.4) is 0 Å². The van der Waals surface area contributed by atoms with Crippen LogP contribution in [0.2, 0.25) is 0 Å². The number of unbranched alkanes of at least 4 members (excludes halogenated alkanes) is 1. The highest BCUT2D eigenvalue weighted by molar-refractivity contribution is 5.99. The van der Waals surface area contributed by atoms with E-state index < -0.39 is 0 Å². The maximum absolute atomic E-state index is 5.11. The summed E-state index contributed by atoms with van der Waals surface area (Å²) in [6.07, 6.45) is 9.42. The molecule has 1 N–H and O–H groups in total. The fourth-order valence-electron chi connectivity index (χ4n) is 4.37. The first-order valence-corrected chi connectivity index (χ1v) is 12.7. The second-order valence-corrected chi connectivity index (χ2v) is 9.18. The third-order valence-corrected chi connectivity index (χ3v) is 6.29. The Hall–Kier alpha value is -1.93. The highest BCUT2D eigenvalue weighted by Gasteiger charge is 2.33. The van der Waals surface area contributed by atoms with Gasteiger partial charge in [0, 0.05) is 17.2 Å². The first-order valence-electron chi connectivity index (χ1n) is 12.7. The minimum absolute atomic E-state index is 0.0269. The summed E-state index contributed by atoms with van der Waals surface area (Å²) in [6.45, 7) is 22.9. The SMILES string of the molecule is C/C=C(\N=C(C)c1ccc(C)cc1)C1=CC(C(C)(C)NCCC)=C(C)C1CCCC.CC. The van der Waals surface area contributed by atoms with Gasteiger partial charge in [0.2, 0.25) is 0 Å². The minimum Gasteiger partial charge on any atom is -0.308 e. The van der Waals surface area contributed by atoms with Crippen molar-refractivity contribution in [2.24, 2.45) is 10.9 Å². The van der Waals surface area contributed by atoms with Crippen molar-refractivity contribution in [2.75, 3.05) is 6.54 Å². The van der Waals surface area contributed by atoms with E-state index in [-0.39, 0.29) is 5.54 Å². The zero-order valence-electron chi connectivity index (χ0n) is 22.5. The average molecular weight is 437 g/mol. The van der Waals surface area contributed by atoms with Crippen molar-refractivity contribution in [2.45, 2.75) is 100 Å². The van der Waals surface area contributed by atoms with Gasteiger partial charge in [-0.3, -0.25) is 4.99 Å². The first kappa shape index (κ1) is 28.1. The monoisotopic (exact) mass is 436 g/mol. The maximum atomic E-state index is 5.11. The molecule has 1 atom stereocenters. The van der Waals surface area contributed by atoms with E-state index in [0.717, 1.165) is 24.4 Å². The summed E-state index contributed by atoms with van der Waals surface area (Å²) in [6, 6.07) is 8.67. The molecule has 0 bridgehead atoms. The number of allylic oxidation sites excluding steroid dienone is 3. The van der Waals surface area contributed by atoms with Crippen LogP contribution in [0.15, 0.2) is 63.8 Å². The molecule has 0 amide bonds. The molecule has 0 saturated heterocycles. The van der Waals surface area contributed by atoms with Crippen LogP contribution in [0.5, 0.6) is 0 Å². The van der Waals surface area contributed by atoms with Gasteiger partial charge in [0.15, 0.2) is 0 Å². The van der Waals surface area contributed by atoms with Gasteiger partial charge in [-0.05, 0) is 77.6 Å². The molecule has 1 aromatic rings. The molecule has 0 spiro atoms. The normalized spacial score (nSPS) is 17.3. The fraction of sp³-hybridized carbons (Fsp3) is 0.567. The van der Waals surface area contributed by atoms with Gasteiger partial charge in [-0.1, -0.05) is 88.1 Å². The molecule has 0 aliphatic heterocycles. The van der Waals surface area contributed by atoms with Gasteiger partial charge in [0.05, 0.1) is 5.70 Å². The van der Waals surface area contributed by atoms with Gasteiger partial charge in [0.1, 0.15) is 0 Å². The van der Waals surface area contributed by atoms with Gasteiger partial charge < -0.3 is 5.32 Å². The molecule has 1 aliphatic rings. The molecule has 0 radical (unpaired) electrons. The van der Waals surface area contributed by atoms with E-state index in [2.05, 4.69) is 97.1 Å². The zero-order chi connectivity index (χ0) is 24.3. The van der Waals surface area contributed by atoms with Crippen LogP contribution in [0, 0.1) is 12.8 Å². The molecule has 1 aromatic carbocycles. The topological polar surface area (TPSA) is 24.4 Å². The van der Waals surface area contributed by atoms with E-state index in [1.165, 1.54) is 47.1 Å². The largest absolute Gasteiger partial charge is 0.308 e. The summed E-state index contributed by atoms with van der Waals surface area (Å²) in [5.41, 5.74) is 8.98. The summed E-state index contributed by atoms with van der Waals surface area (Å²) in [7, 11) is 0. The van der Waals surface area contributed by atoms with Crippen molar-refractivity contribution in [3.63, 3.8) is 0 Å². The molecule has 2 heteroatoms. The predicted octanol–water partition coefficient (Wildman–Crippen LogP) is 8.58. The summed E-state index contributed by atoms with van der Waals surface area (Å²) in [5, 5.41) is 3.75.